The van der Waals surface area contributed by atoms with E-state index in [4.69, 9.17) is 10.2 Å². The number of aromatic nitrogens is 3. The number of nitrogen functional groups attached to an aromatic ring is 1. The molecule has 0 amide bonds. The maximum atomic E-state index is 11.3. The van der Waals surface area contributed by atoms with Gasteiger partial charge in [0.15, 0.2) is 10.7 Å². The molecule has 2 aromatic heterocycles. The summed E-state index contributed by atoms with van der Waals surface area (Å²) in [5.41, 5.74) is 8.29. The smallest absolute Gasteiger partial charge is 0.251 e. The van der Waals surface area contributed by atoms with Gasteiger partial charge in [-0.05, 0) is 25.1 Å². The predicted octanol–water partition coefficient (Wildman–Crippen LogP) is 2.09. The average Bonchev–Trinajstić information content (AvgIpc) is 2.77. The molecule has 0 radical (unpaired) electrons. The van der Waals surface area contributed by atoms with Crippen LogP contribution in [0.4, 0.5) is 5.69 Å². The van der Waals surface area contributed by atoms with Crippen LogP contribution in [0.3, 0.4) is 0 Å². The van der Waals surface area contributed by atoms with Crippen LogP contribution in [-0.2, 0) is 5.75 Å². The number of hydrogen-bond acceptors (Lipinski definition) is 6. The number of hydrogen-bond donors (Lipinski definition) is 2. The van der Waals surface area contributed by atoms with Crippen LogP contribution in [0.1, 0.15) is 11.6 Å². The molecule has 0 atom stereocenters. The molecule has 3 aromatic rings. The van der Waals surface area contributed by atoms with E-state index in [1.54, 1.807) is 25.1 Å². The number of nitrogens with zero attached hydrogens (tertiary/aromatic N) is 2. The number of aromatic amines is 1. The number of benzene rings is 1. The van der Waals surface area contributed by atoms with Crippen LogP contribution in [0.5, 0.6) is 0 Å². The van der Waals surface area contributed by atoms with Crippen LogP contribution < -0.4 is 11.3 Å². The fraction of sp³-hybridized carbons (Fsp3) is 0.154. The fourth-order valence-electron chi connectivity index (χ4n) is 1.80. The van der Waals surface area contributed by atoms with Gasteiger partial charge in [-0.25, -0.2) is 9.97 Å². The molecule has 0 saturated heterocycles. The third kappa shape index (κ3) is 2.67. The van der Waals surface area contributed by atoms with E-state index in [9.17, 15) is 4.79 Å². The van der Waals surface area contributed by atoms with Gasteiger partial charge in [0.1, 0.15) is 5.52 Å². The van der Waals surface area contributed by atoms with E-state index in [1.165, 1.54) is 17.8 Å². The Morgan fingerprint density at radius 1 is 1.35 bits per heavy atom. The van der Waals surface area contributed by atoms with Crippen LogP contribution in [0.15, 0.2) is 38.6 Å². The minimum absolute atomic E-state index is 0.162. The van der Waals surface area contributed by atoms with E-state index < -0.39 is 0 Å². The Morgan fingerprint density at radius 2 is 2.20 bits per heavy atom. The molecular formula is C13H12N4O2S. The lowest BCUT2D eigenvalue weighted by molar-refractivity contribution is 0.556. The highest BCUT2D eigenvalue weighted by molar-refractivity contribution is 7.98. The molecule has 0 unspecified atom stereocenters. The van der Waals surface area contributed by atoms with E-state index in [0.717, 1.165) is 5.52 Å². The standard InChI is InChI=1S/C13H12N4O2S/c1-7-4-11(18)17-13(15-7)20-6-12-16-9-5-8(14)2-3-10(9)19-12/h2-5H,6,14H2,1H3,(H,15,17,18). The van der Waals surface area contributed by atoms with Gasteiger partial charge in [0, 0.05) is 17.4 Å². The molecular weight excluding hydrogens is 276 g/mol. The van der Waals surface area contributed by atoms with Gasteiger partial charge in [0.05, 0.1) is 5.75 Å². The molecule has 0 aliphatic rings. The number of thioether (sulfide) groups is 1. The van der Waals surface area contributed by atoms with Gasteiger partial charge in [0.25, 0.3) is 5.56 Å². The van der Waals surface area contributed by atoms with Crippen molar-refractivity contribution in [1.82, 2.24) is 15.0 Å². The Bertz CT molecular complexity index is 825. The number of anilines is 1. The van der Waals surface area contributed by atoms with Gasteiger partial charge >= 0.3 is 0 Å². The van der Waals surface area contributed by atoms with Crippen molar-refractivity contribution < 1.29 is 4.42 Å². The first-order chi connectivity index (χ1) is 9.60. The lowest BCUT2D eigenvalue weighted by Gasteiger charge is -1.98. The molecule has 0 fully saturated rings. The third-order valence-electron chi connectivity index (χ3n) is 2.64. The molecule has 1 aromatic carbocycles. The van der Waals surface area contributed by atoms with Crippen LogP contribution in [0, 0.1) is 6.92 Å². The normalized spacial score (nSPS) is 11.1. The van der Waals surface area contributed by atoms with E-state index in [1.807, 2.05) is 0 Å². The highest BCUT2D eigenvalue weighted by atomic mass is 32.2. The minimum atomic E-state index is -0.162. The number of fused-ring (bicyclic) bond motifs is 1. The number of H-pyrrole nitrogens is 1. The Hall–Kier alpha value is -2.28. The first kappa shape index (κ1) is 12.7. The first-order valence-corrected chi connectivity index (χ1v) is 6.94. The summed E-state index contributed by atoms with van der Waals surface area (Å²) in [7, 11) is 0. The molecule has 102 valence electrons. The Kier molecular flexibility index (Phi) is 3.19. The lowest BCUT2D eigenvalue weighted by atomic mass is 10.3. The number of aryl methyl sites for hydroxylation is 1. The largest absolute Gasteiger partial charge is 0.440 e. The lowest BCUT2D eigenvalue weighted by Crippen LogP contribution is -2.08. The predicted molar refractivity (Wildman–Crippen MR) is 77.6 cm³/mol. The Morgan fingerprint density at radius 3 is 3.00 bits per heavy atom. The summed E-state index contributed by atoms with van der Waals surface area (Å²) in [5, 5.41) is 0.553. The minimum Gasteiger partial charge on any atom is -0.440 e. The van der Waals surface area contributed by atoms with Crippen molar-refractivity contribution in [3.63, 3.8) is 0 Å². The second kappa shape index (κ2) is 5.01. The van der Waals surface area contributed by atoms with Crippen molar-refractivity contribution in [1.29, 1.82) is 0 Å². The first-order valence-electron chi connectivity index (χ1n) is 5.96. The molecule has 20 heavy (non-hydrogen) atoms. The maximum absolute atomic E-state index is 11.3. The zero-order chi connectivity index (χ0) is 14.1. The summed E-state index contributed by atoms with van der Waals surface area (Å²) in [5.74, 6) is 1.06. The second-order valence-electron chi connectivity index (χ2n) is 4.32. The third-order valence-corrected chi connectivity index (χ3v) is 3.49. The second-order valence-corrected chi connectivity index (χ2v) is 5.28. The molecule has 0 saturated carbocycles. The topological polar surface area (TPSA) is 97.8 Å². The number of rotatable bonds is 3. The van der Waals surface area contributed by atoms with E-state index in [0.29, 0.717) is 33.8 Å². The van der Waals surface area contributed by atoms with E-state index in [-0.39, 0.29) is 5.56 Å². The van der Waals surface area contributed by atoms with Crippen LogP contribution >= 0.6 is 11.8 Å². The quantitative estimate of drug-likeness (QED) is 0.435. The van der Waals surface area contributed by atoms with E-state index in [2.05, 4.69) is 15.0 Å². The van der Waals surface area contributed by atoms with Gasteiger partial charge in [0.2, 0.25) is 5.89 Å². The monoisotopic (exact) mass is 288 g/mol. The van der Waals surface area contributed by atoms with Crippen molar-refractivity contribution in [2.24, 2.45) is 0 Å². The van der Waals surface area contributed by atoms with E-state index >= 15 is 0 Å². The molecule has 0 spiro atoms. The number of nitrogens with one attached hydrogen (secondary N) is 1. The Labute approximate surface area is 118 Å². The summed E-state index contributed by atoms with van der Waals surface area (Å²) >= 11 is 1.37. The van der Waals surface area contributed by atoms with Gasteiger partial charge < -0.3 is 15.1 Å². The number of oxazole rings is 1. The fourth-order valence-corrected chi connectivity index (χ4v) is 2.57. The Balaban J connectivity index is 1.81. The van der Waals surface area contributed by atoms with Crippen molar-refractivity contribution in [2.45, 2.75) is 17.8 Å². The molecule has 7 heteroatoms. The highest BCUT2D eigenvalue weighted by Gasteiger charge is 2.08. The zero-order valence-corrected chi connectivity index (χ0v) is 11.5. The summed E-state index contributed by atoms with van der Waals surface area (Å²) in [4.78, 5) is 22.6. The van der Waals surface area contributed by atoms with Gasteiger partial charge in [-0.1, -0.05) is 11.8 Å². The highest BCUT2D eigenvalue weighted by Crippen LogP contribution is 2.23. The summed E-state index contributed by atoms with van der Waals surface area (Å²) in [6.45, 7) is 1.78. The summed E-state index contributed by atoms with van der Waals surface area (Å²) in [6, 6.07) is 6.77. The summed E-state index contributed by atoms with van der Waals surface area (Å²) < 4.78 is 5.60. The van der Waals surface area contributed by atoms with Gasteiger partial charge in [-0.3, -0.25) is 4.79 Å². The van der Waals surface area contributed by atoms with Crippen LogP contribution in [0.2, 0.25) is 0 Å². The molecule has 6 nitrogen and oxygen atoms in total. The van der Waals surface area contributed by atoms with Crippen LogP contribution in [-0.4, -0.2) is 15.0 Å². The van der Waals surface area contributed by atoms with Crippen molar-refractivity contribution >= 4 is 28.5 Å². The van der Waals surface area contributed by atoms with Crippen molar-refractivity contribution in [3.8, 4) is 0 Å². The van der Waals surface area contributed by atoms with Crippen LogP contribution in [0.25, 0.3) is 11.1 Å². The molecule has 3 rings (SSSR count). The molecule has 3 N–H and O–H groups in total. The van der Waals surface area contributed by atoms with Crippen molar-refractivity contribution in [2.75, 3.05) is 5.73 Å². The van der Waals surface area contributed by atoms with Gasteiger partial charge in [-0.15, -0.1) is 0 Å². The molecule has 2 heterocycles. The summed E-state index contributed by atoms with van der Waals surface area (Å²) in [6.07, 6.45) is 0. The SMILES string of the molecule is Cc1cc(=O)[nH]c(SCc2nc3cc(N)ccc3o2)n1. The average molecular weight is 288 g/mol. The van der Waals surface area contributed by atoms with Crippen molar-refractivity contribution in [3.05, 3.63) is 46.2 Å². The molecule has 0 aliphatic heterocycles. The van der Waals surface area contributed by atoms with Gasteiger partial charge in [-0.2, -0.15) is 0 Å². The molecule has 0 bridgehead atoms. The zero-order valence-electron chi connectivity index (χ0n) is 10.7. The number of nitrogens with two attached hydrogens (primary N) is 1. The molecule has 0 aliphatic carbocycles. The maximum Gasteiger partial charge on any atom is 0.251 e.